The van der Waals surface area contributed by atoms with Crippen molar-refractivity contribution in [3.63, 3.8) is 0 Å². The van der Waals surface area contributed by atoms with E-state index < -0.39 is 47.4 Å². The third kappa shape index (κ3) is 691. The molecule has 0 bridgehead atoms. The molecule has 0 aromatic carbocycles. The van der Waals surface area contributed by atoms with Gasteiger partial charge in [0.15, 0.2) is 0 Å². The summed E-state index contributed by atoms with van der Waals surface area (Å²) in [7, 11) is -30.8. The Morgan fingerprint density at radius 1 is 0.500 bits per heavy atom. The van der Waals surface area contributed by atoms with Gasteiger partial charge in [0.25, 0.3) is 0 Å². The summed E-state index contributed by atoms with van der Waals surface area (Å²) >= 11 is 3.74. The van der Waals surface area contributed by atoms with Crippen molar-refractivity contribution >= 4 is 47.4 Å². The molecule has 1 rings (SSSR count). The van der Waals surface area contributed by atoms with Crippen molar-refractivity contribution in [3.8, 4) is 0 Å². The summed E-state index contributed by atoms with van der Waals surface area (Å²) in [5.74, 6) is 0. The fourth-order valence-electron chi connectivity index (χ4n) is 0.416. The minimum absolute atomic E-state index is 1.06. The van der Waals surface area contributed by atoms with Crippen LogP contribution < -0.4 is 0 Å². The molecule has 0 heterocycles. The van der Waals surface area contributed by atoms with E-state index in [1.165, 1.54) is 4.47 Å². The van der Waals surface area contributed by atoms with E-state index in [4.69, 9.17) is 86.1 Å². The Balaban J connectivity index is -0.0000000731. The van der Waals surface area contributed by atoms with Crippen molar-refractivity contribution in [3.05, 3.63) is 22.7 Å². The molecule has 36 heavy (non-hydrogen) atoms. The number of hydrogen-bond acceptors (Lipinski definition) is 6. The van der Waals surface area contributed by atoms with Gasteiger partial charge in [0, 0.05) is 0 Å². The van der Waals surface area contributed by atoms with Gasteiger partial charge < -0.3 is 0 Å². The monoisotopic (exact) mass is 721 g/mol. The van der Waals surface area contributed by atoms with Crippen molar-refractivity contribution in [2.75, 3.05) is 0 Å². The van der Waals surface area contributed by atoms with Crippen molar-refractivity contribution in [2.24, 2.45) is 0 Å². The maximum atomic E-state index is 10.4. The summed E-state index contributed by atoms with van der Waals surface area (Å²) in [6.45, 7) is 0. The van der Waals surface area contributed by atoms with Crippen molar-refractivity contribution in [1.29, 1.82) is 0 Å². The molecule has 1 aliphatic rings. The first-order valence-electron chi connectivity index (χ1n) is 6.40. The fourth-order valence-corrected chi connectivity index (χ4v) is 0.652. The zero-order chi connectivity index (χ0) is 31.4. The van der Waals surface area contributed by atoms with Gasteiger partial charge in [-0.2, -0.15) is 0 Å². The summed E-state index contributed by atoms with van der Waals surface area (Å²) in [6, 6.07) is 0. The molecule has 0 saturated carbocycles. The Morgan fingerprint density at radius 3 is 0.667 bits per heavy atom. The molecular weight excluding hydrogens is 704 g/mol. The summed E-state index contributed by atoms with van der Waals surface area (Å²) < 4.78 is 115. The van der Waals surface area contributed by atoms with Crippen LogP contribution in [0.25, 0.3) is 0 Å². The van der Waals surface area contributed by atoms with Gasteiger partial charge in [0.05, 0.1) is 0 Å². The summed E-state index contributed by atoms with van der Waals surface area (Å²) in [5, 5.41) is 0. The molecule has 12 N–H and O–H groups in total. The molecule has 1 aliphatic carbocycles. The number of rotatable bonds is 0. The zero-order valence-corrected chi connectivity index (χ0v) is 22.5. The molecule has 0 radical (unpaired) electrons. The first-order chi connectivity index (χ1) is 14.9. The van der Waals surface area contributed by atoms with E-state index in [2.05, 4.69) is 22.1 Å². The molecule has 0 unspecified atom stereocenters. The standard InChI is InChI=1S/C5H5.6FH2O3P.Fe/c1-2-4-5-3-1;6*1-5(2,3)4;/h1-3H,4H2;6*(H2,2,3,4);. The Kier molecular flexibility index (Phi) is 30.6. The second kappa shape index (κ2) is 22.3. The van der Waals surface area contributed by atoms with Crippen LogP contribution in [-0.4, -0.2) is 58.7 Å². The summed E-state index contributed by atoms with van der Waals surface area (Å²) in [4.78, 5) is 83.6. The van der Waals surface area contributed by atoms with Crippen LogP contribution >= 0.6 is 47.4 Å². The molecule has 0 aromatic rings. The molecule has 0 spiro atoms. The number of allylic oxidation sites excluding steroid dienone is 4. The van der Waals surface area contributed by atoms with Gasteiger partial charge in [-0.15, -0.1) is 25.2 Å². The van der Waals surface area contributed by atoms with Crippen LogP contribution in [0.1, 0.15) is 6.42 Å². The Morgan fingerprint density at radius 2 is 0.639 bits per heavy atom. The van der Waals surface area contributed by atoms with Gasteiger partial charge in [0.1, 0.15) is 0 Å². The van der Waals surface area contributed by atoms with Crippen LogP contribution in [0, 0.1) is 0 Å². The first-order valence-corrected chi connectivity index (χ1v) is 16.0. The Bertz CT molecular complexity index is 701. The van der Waals surface area contributed by atoms with Gasteiger partial charge in [-0.3, -0.25) is 58.7 Å². The SMILES string of the molecule is O=P(O)(O)F.O=P(O)(O)F.O=P(O)(O)F.O=P(O)(O)F.O=P(O)(O)F.O=P(O)(O)F.[Fe][C]1=CC=CC1. The van der Waals surface area contributed by atoms with Crippen LogP contribution in [0.3, 0.4) is 0 Å². The van der Waals surface area contributed by atoms with Crippen molar-refractivity contribution < 1.29 is 127 Å². The molecule has 225 valence electrons. The van der Waals surface area contributed by atoms with Crippen LogP contribution in [-0.2, 0) is 43.4 Å². The second-order valence-corrected chi connectivity index (χ2v) is 10.5. The van der Waals surface area contributed by atoms with E-state index in [9.17, 15) is 25.2 Å². The van der Waals surface area contributed by atoms with Gasteiger partial charge >= 0.3 is 92.6 Å². The minimum atomic E-state index is -5.14. The molecule has 0 aromatic heterocycles. The average Bonchev–Trinajstić information content (AvgIpc) is 2.76. The molecule has 0 aliphatic heterocycles. The molecule has 0 atom stereocenters. The fraction of sp³-hybridized carbons (Fsp3) is 0.200. The zero-order valence-electron chi connectivity index (χ0n) is 16.1. The maximum absolute atomic E-state index is 10.4. The molecule has 0 fully saturated rings. The van der Waals surface area contributed by atoms with Gasteiger partial charge in [-0.05, 0) is 0 Å². The summed E-state index contributed by atoms with van der Waals surface area (Å²) in [5.41, 5.74) is 0. The van der Waals surface area contributed by atoms with Crippen LogP contribution in [0.15, 0.2) is 22.7 Å². The van der Waals surface area contributed by atoms with E-state index in [0.29, 0.717) is 0 Å². The van der Waals surface area contributed by atoms with E-state index in [0.717, 1.165) is 6.42 Å². The first kappa shape index (κ1) is 49.4. The van der Waals surface area contributed by atoms with Gasteiger partial charge in [-0.25, -0.2) is 27.4 Å². The Labute approximate surface area is 204 Å². The van der Waals surface area contributed by atoms with E-state index in [1.807, 2.05) is 12.2 Å². The summed E-state index contributed by atoms with van der Waals surface area (Å²) in [6.07, 6.45) is 7.21. The van der Waals surface area contributed by atoms with Crippen molar-refractivity contribution in [1.82, 2.24) is 0 Å². The third-order valence-corrected chi connectivity index (χ3v) is 1.13. The second-order valence-electron chi connectivity index (χ2n) is 4.07. The topological polar surface area (TPSA) is 345 Å². The quantitative estimate of drug-likeness (QED) is 0.0961. The average molecular weight is 721 g/mol. The predicted octanol–water partition coefficient (Wildman–Crippen LogP) is 1.67. The Hall–Kier alpha value is 0.479. The van der Waals surface area contributed by atoms with Crippen molar-refractivity contribution in [2.45, 2.75) is 6.42 Å². The molecule has 18 nitrogen and oxygen atoms in total. The molecule has 0 amide bonds. The normalized spacial score (nSPS) is 12.9. The molecule has 31 heteroatoms. The number of halogens is 6. The van der Waals surface area contributed by atoms with Gasteiger partial charge in [-0.1, -0.05) is 0 Å². The third-order valence-electron chi connectivity index (χ3n) is 0.717. The van der Waals surface area contributed by atoms with E-state index in [1.54, 1.807) is 0 Å². The molecule has 0 saturated heterocycles. The van der Waals surface area contributed by atoms with Crippen LogP contribution in [0.5, 0.6) is 0 Å². The van der Waals surface area contributed by atoms with E-state index in [-0.39, 0.29) is 0 Å². The van der Waals surface area contributed by atoms with Crippen LogP contribution in [0.2, 0.25) is 0 Å². The van der Waals surface area contributed by atoms with Gasteiger partial charge in [0.2, 0.25) is 0 Å². The predicted molar refractivity (Wildman–Crippen MR) is 101 cm³/mol. The van der Waals surface area contributed by atoms with E-state index >= 15 is 0 Å². The van der Waals surface area contributed by atoms with Crippen LogP contribution in [0.4, 0.5) is 25.2 Å². The number of hydrogen-bond donors (Lipinski definition) is 12. The molecular formula is C5H17F6FeO18P6.